The first-order chi connectivity index (χ1) is 13.8. The van der Waals surface area contributed by atoms with Crippen molar-refractivity contribution in [3.63, 3.8) is 0 Å². The van der Waals surface area contributed by atoms with Crippen molar-refractivity contribution < 1.29 is 4.74 Å². The van der Waals surface area contributed by atoms with Crippen LogP contribution in [0.5, 0.6) is 5.75 Å². The average molecular weight is 375 g/mol. The van der Waals surface area contributed by atoms with Crippen LogP contribution in [-0.4, -0.2) is 29.8 Å². The fourth-order valence-electron chi connectivity index (χ4n) is 3.77. The molecule has 1 aliphatic heterocycles. The van der Waals surface area contributed by atoms with E-state index in [1.165, 1.54) is 5.56 Å². The predicted octanol–water partition coefficient (Wildman–Crippen LogP) is 2.85. The number of para-hydroxylation sites is 1. The molecule has 0 fully saturated rings. The largest absolute Gasteiger partial charge is 0.496 e. The first-order valence-corrected chi connectivity index (χ1v) is 9.78. The van der Waals surface area contributed by atoms with E-state index in [0.29, 0.717) is 12.4 Å². The molecule has 0 unspecified atom stereocenters. The second-order valence-electron chi connectivity index (χ2n) is 7.00. The number of nitrogens with one attached hydrogen (secondary N) is 1. The molecule has 0 saturated carbocycles. The first kappa shape index (κ1) is 18.4. The second kappa shape index (κ2) is 8.40. The lowest BCUT2D eigenvalue weighted by molar-refractivity contribution is 0.415. The number of ether oxygens (including phenoxy) is 1. The Balaban J connectivity index is 1.84. The van der Waals surface area contributed by atoms with E-state index in [1.807, 2.05) is 47.0 Å². The Hall–Kier alpha value is -2.92. The van der Waals surface area contributed by atoms with Gasteiger partial charge in [-0.05, 0) is 37.1 Å². The van der Waals surface area contributed by atoms with Gasteiger partial charge < -0.3 is 10.1 Å². The number of hydrogen-bond acceptors (Lipinski definition) is 4. The van der Waals surface area contributed by atoms with Gasteiger partial charge in [0, 0.05) is 25.1 Å². The van der Waals surface area contributed by atoms with Crippen molar-refractivity contribution in [1.29, 1.82) is 0 Å². The molecule has 1 N–H and O–H groups in total. The summed E-state index contributed by atoms with van der Waals surface area (Å²) in [5.74, 6) is 1.42. The standard InChI is InChI=1S/C23H25N3O2/c1-28-21-10-6-5-9-19(21)22-25-20-12-15-24-14-11-18(20)23(27)26(22)16-13-17-7-3-2-4-8-17/h2-10,24H,11-16H2,1H3. The van der Waals surface area contributed by atoms with Gasteiger partial charge in [-0.2, -0.15) is 0 Å². The number of hydrogen-bond donors (Lipinski definition) is 1. The molecule has 144 valence electrons. The highest BCUT2D eigenvalue weighted by atomic mass is 16.5. The zero-order chi connectivity index (χ0) is 19.3. The first-order valence-electron chi connectivity index (χ1n) is 9.78. The number of benzene rings is 2. The van der Waals surface area contributed by atoms with Gasteiger partial charge in [0.1, 0.15) is 11.6 Å². The van der Waals surface area contributed by atoms with Gasteiger partial charge in [-0.1, -0.05) is 42.5 Å². The quantitative estimate of drug-likeness (QED) is 0.745. The number of nitrogens with zero attached hydrogens (tertiary/aromatic N) is 2. The monoisotopic (exact) mass is 375 g/mol. The SMILES string of the molecule is COc1ccccc1-c1nc2c(c(=O)n1CCc1ccccc1)CCNCC2. The van der Waals surface area contributed by atoms with E-state index < -0.39 is 0 Å². The van der Waals surface area contributed by atoms with Crippen LogP contribution >= 0.6 is 0 Å². The molecule has 1 aliphatic rings. The Bertz CT molecular complexity index is 1010. The van der Waals surface area contributed by atoms with Gasteiger partial charge in [-0.25, -0.2) is 4.98 Å². The molecule has 0 aliphatic carbocycles. The van der Waals surface area contributed by atoms with Gasteiger partial charge in [0.25, 0.3) is 5.56 Å². The third-order valence-corrected chi connectivity index (χ3v) is 5.25. The fourth-order valence-corrected chi connectivity index (χ4v) is 3.77. The lowest BCUT2D eigenvalue weighted by Gasteiger charge is -2.18. The lowest BCUT2D eigenvalue weighted by Crippen LogP contribution is -2.29. The molecule has 0 radical (unpaired) electrons. The van der Waals surface area contributed by atoms with Crippen molar-refractivity contribution in [3.8, 4) is 17.1 Å². The highest BCUT2D eigenvalue weighted by Gasteiger charge is 2.20. The topological polar surface area (TPSA) is 56.1 Å². The zero-order valence-corrected chi connectivity index (χ0v) is 16.1. The van der Waals surface area contributed by atoms with Gasteiger partial charge in [-0.3, -0.25) is 9.36 Å². The van der Waals surface area contributed by atoms with Crippen LogP contribution in [0, 0.1) is 0 Å². The minimum atomic E-state index is 0.0746. The maximum atomic E-state index is 13.4. The number of aromatic nitrogens is 2. The van der Waals surface area contributed by atoms with Crippen molar-refractivity contribution in [1.82, 2.24) is 14.9 Å². The van der Waals surface area contributed by atoms with Crippen LogP contribution in [0.1, 0.15) is 16.8 Å². The molecule has 2 aromatic carbocycles. The van der Waals surface area contributed by atoms with Crippen molar-refractivity contribution in [2.45, 2.75) is 25.8 Å². The number of fused-ring (bicyclic) bond motifs is 1. The van der Waals surface area contributed by atoms with E-state index in [0.717, 1.165) is 54.9 Å². The lowest BCUT2D eigenvalue weighted by atomic mass is 10.1. The Morgan fingerprint density at radius 3 is 2.61 bits per heavy atom. The van der Waals surface area contributed by atoms with Gasteiger partial charge in [-0.15, -0.1) is 0 Å². The van der Waals surface area contributed by atoms with Crippen LogP contribution < -0.4 is 15.6 Å². The van der Waals surface area contributed by atoms with Crippen LogP contribution in [0.15, 0.2) is 59.4 Å². The van der Waals surface area contributed by atoms with Crippen LogP contribution in [0.3, 0.4) is 0 Å². The van der Waals surface area contributed by atoms with Crippen molar-refractivity contribution >= 4 is 0 Å². The number of aryl methyl sites for hydroxylation is 1. The summed E-state index contributed by atoms with van der Waals surface area (Å²) in [5.41, 5.74) is 3.89. The van der Waals surface area contributed by atoms with E-state index in [1.54, 1.807) is 7.11 Å². The molecule has 0 saturated heterocycles. The molecular formula is C23H25N3O2. The Morgan fingerprint density at radius 1 is 1.04 bits per heavy atom. The molecule has 5 nitrogen and oxygen atoms in total. The third kappa shape index (κ3) is 3.71. The molecule has 5 heteroatoms. The summed E-state index contributed by atoms with van der Waals surface area (Å²) in [5, 5.41) is 3.37. The third-order valence-electron chi connectivity index (χ3n) is 5.25. The maximum absolute atomic E-state index is 13.4. The van der Waals surface area contributed by atoms with E-state index in [9.17, 15) is 4.79 Å². The van der Waals surface area contributed by atoms with Crippen LogP contribution in [-0.2, 0) is 25.8 Å². The number of rotatable bonds is 5. The zero-order valence-electron chi connectivity index (χ0n) is 16.1. The van der Waals surface area contributed by atoms with Crippen LogP contribution in [0.25, 0.3) is 11.4 Å². The number of methoxy groups -OCH3 is 1. The molecule has 2 heterocycles. The summed E-state index contributed by atoms with van der Waals surface area (Å²) in [7, 11) is 1.65. The minimum Gasteiger partial charge on any atom is -0.496 e. The molecule has 3 aromatic rings. The maximum Gasteiger partial charge on any atom is 0.257 e. The Kier molecular flexibility index (Phi) is 5.53. The summed E-state index contributed by atoms with van der Waals surface area (Å²) in [6, 6.07) is 18.0. The Morgan fingerprint density at radius 2 is 1.79 bits per heavy atom. The normalized spacial score (nSPS) is 13.6. The van der Waals surface area contributed by atoms with Crippen LogP contribution in [0.2, 0.25) is 0 Å². The van der Waals surface area contributed by atoms with Gasteiger partial charge in [0.05, 0.1) is 18.4 Å². The fraction of sp³-hybridized carbons (Fsp3) is 0.304. The molecule has 0 amide bonds. The molecule has 28 heavy (non-hydrogen) atoms. The predicted molar refractivity (Wildman–Crippen MR) is 111 cm³/mol. The van der Waals surface area contributed by atoms with Gasteiger partial charge >= 0.3 is 0 Å². The van der Waals surface area contributed by atoms with Gasteiger partial charge in [0.15, 0.2) is 0 Å². The summed E-state index contributed by atoms with van der Waals surface area (Å²) >= 11 is 0. The highest BCUT2D eigenvalue weighted by molar-refractivity contribution is 5.64. The van der Waals surface area contributed by atoms with Gasteiger partial charge in [0.2, 0.25) is 0 Å². The highest BCUT2D eigenvalue weighted by Crippen LogP contribution is 2.28. The van der Waals surface area contributed by atoms with E-state index >= 15 is 0 Å². The van der Waals surface area contributed by atoms with Crippen molar-refractivity contribution in [2.75, 3.05) is 20.2 Å². The summed E-state index contributed by atoms with van der Waals surface area (Å²) in [6.07, 6.45) is 2.27. The molecule has 0 spiro atoms. The molecule has 4 rings (SSSR count). The smallest absolute Gasteiger partial charge is 0.257 e. The average Bonchev–Trinajstić information content (AvgIpc) is 2.99. The second-order valence-corrected chi connectivity index (χ2v) is 7.00. The van der Waals surface area contributed by atoms with E-state index in [2.05, 4.69) is 17.4 Å². The summed E-state index contributed by atoms with van der Waals surface area (Å²) < 4.78 is 7.39. The van der Waals surface area contributed by atoms with Crippen molar-refractivity contribution in [3.05, 3.63) is 81.8 Å². The van der Waals surface area contributed by atoms with Crippen LogP contribution in [0.4, 0.5) is 0 Å². The molecule has 1 aromatic heterocycles. The van der Waals surface area contributed by atoms with Crippen molar-refractivity contribution in [2.24, 2.45) is 0 Å². The minimum absolute atomic E-state index is 0.0746. The van der Waals surface area contributed by atoms with E-state index in [4.69, 9.17) is 9.72 Å². The molecular weight excluding hydrogens is 350 g/mol. The van der Waals surface area contributed by atoms with E-state index in [-0.39, 0.29) is 5.56 Å². The summed E-state index contributed by atoms with van der Waals surface area (Å²) in [6.45, 7) is 2.25. The Labute approximate surface area is 165 Å². The molecule has 0 bridgehead atoms. The molecule has 0 atom stereocenters. The summed E-state index contributed by atoms with van der Waals surface area (Å²) in [4.78, 5) is 18.4.